The van der Waals surface area contributed by atoms with E-state index in [1.165, 1.54) is 24.0 Å². The fraction of sp³-hybridized carbons (Fsp3) is 0.400. The quantitative estimate of drug-likeness (QED) is 0.487. The van der Waals surface area contributed by atoms with Crippen LogP contribution in [0.3, 0.4) is 0 Å². The maximum atomic E-state index is 15.3. The van der Waals surface area contributed by atoms with Gasteiger partial charge in [-0.1, -0.05) is 24.3 Å². The lowest BCUT2D eigenvalue weighted by Gasteiger charge is -2.27. The number of carbonyl (C=O) groups excluding carboxylic acids is 1. The van der Waals surface area contributed by atoms with Gasteiger partial charge < -0.3 is 15.8 Å². The third-order valence-electron chi connectivity index (χ3n) is 8.05. The minimum Gasteiger partial charge on any atom is -0.383 e. The smallest absolute Gasteiger partial charge is 0.251 e. The molecule has 0 aliphatic carbocycles. The van der Waals surface area contributed by atoms with Crippen LogP contribution >= 0.6 is 0 Å². The lowest BCUT2D eigenvalue weighted by atomic mass is 9.86. The molecule has 3 N–H and O–H groups in total. The van der Waals surface area contributed by atoms with Crippen molar-refractivity contribution < 1.29 is 13.9 Å². The molecule has 3 aromatic rings. The van der Waals surface area contributed by atoms with Crippen LogP contribution in [0.2, 0.25) is 0 Å². The van der Waals surface area contributed by atoms with Gasteiger partial charge in [0.2, 0.25) is 5.95 Å². The molecule has 4 heterocycles. The van der Waals surface area contributed by atoms with Gasteiger partial charge in [-0.05, 0) is 97.1 Å². The predicted octanol–water partition coefficient (Wildman–Crippen LogP) is 4.91. The van der Waals surface area contributed by atoms with Crippen LogP contribution in [0.5, 0.6) is 0 Å². The normalized spacial score (nSPS) is 18.6. The lowest BCUT2D eigenvalue weighted by Crippen LogP contribution is -2.31. The Bertz CT molecular complexity index is 1330. The number of amides is 1. The number of benzene rings is 2. The number of rotatable bonds is 5. The lowest BCUT2D eigenvalue weighted by molar-refractivity contribution is 0.0850. The number of ether oxygens (including phenoxy) is 1. The number of nitrogen functional groups attached to an aromatic ring is 1. The monoisotopic (exact) mass is 500 g/mol. The van der Waals surface area contributed by atoms with Gasteiger partial charge in [-0.2, -0.15) is 4.39 Å². The van der Waals surface area contributed by atoms with Gasteiger partial charge >= 0.3 is 0 Å². The number of carbonyl (C=O) groups is 1. The number of likely N-dealkylation sites (tertiary alicyclic amines) is 1. The Balaban J connectivity index is 1.39. The van der Waals surface area contributed by atoms with Gasteiger partial charge in [-0.25, -0.2) is 4.98 Å². The number of anilines is 1. The number of aromatic nitrogens is 1. The second-order valence-electron chi connectivity index (χ2n) is 10.4. The van der Waals surface area contributed by atoms with E-state index < -0.39 is 5.95 Å². The SMILES string of the molecule is Nc1nc(F)c(-c2ccc(C3CCOCC3)c(CN3CCCC3)c2)cc1-c1ccc2c(c1)CCNC2=O. The first kappa shape index (κ1) is 24.1. The standard InChI is InChI=1S/C30H33FN4O2/c31-28-26(17-27(29(32)34-28)21-4-6-25-22(15-21)7-10-33-30(25)36)20-3-5-24(19-8-13-37-14-9-19)23(16-20)18-35-11-1-2-12-35/h3-6,15-17,19H,1-2,7-14,18H2,(H2,32,34)(H,33,36). The summed E-state index contributed by atoms with van der Waals surface area (Å²) in [4.78, 5) is 18.8. The third kappa shape index (κ3) is 4.86. The number of hydrogen-bond acceptors (Lipinski definition) is 5. The maximum Gasteiger partial charge on any atom is 0.251 e. The van der Waals surface area contributed by atoms with E-state index in [9.17, 15) is 4.79 Å². The summed E-state index contributed by atoms with van der Waals surface area (Å²) >= 11 is 0. The molecule has 0 radical (unpaired) electrons. The number of nitrogens with zero attached hydrogens (tertiary/aromatic N) is 2. The van der Waals surface area contributed by atoms with Crippen molar-refractivity contribution in [2.24, 2.45) is 0 Å². The maximum absolute atomic E-state index is 15.3. The highest BCUT2D eigenvalue weighted by molar-refractivity contribution is 5.97. The molecular weight excluding hydrogens is 467 g/mol. The van der Waals surface area contributed by atoms with Crippen LogP contribution in [-0.4, -0.2) is 48.6 Å². The fourth-order valence-corrected chi connectivity index (χ4v) is 6.03. The first-order valence-corrected chi connectivity index (χ1v) is 13.4. The summed E-state index contributed by atoms with van der Waals surface area (Å²) in [7, 11) is 0. The Morgan fingerprint density at radius 1 is 1.00 bits per heavy atom. The molecule has 2 saturated heterocycles. The summed E-state index contributed by atoms with van der Waals surface area (Å²) in [5, 5.41) is 2.87. The molecule has 0 bridgehead atoms. The second-order valence-corrected chi connectivity index (χ2v) is 10.4. The Morgan fingerprint density at radius 3 is 2.57 bits per heavy atom. The van der Waals surface area contributed by atoms with E-state index in [0.29, 0.717) is 29.2 Å². The van der Waals surface area contributed by atoms with Gasteiger partial charge in [-0.15, -0.1) is 0 Å². The van der Waals surface area contributed by atoms with Gasteiger partial charge in [0.05, 0.1) is 0 Å². The fourth-order valence-electron chi connectivity index (χ4n) is 6.03. The molecule has 6 rings (SSSR count). The highest BCUT2D eigenvalue weighted by Gasteiger charge is 2.23. The zero-order valence-electron chi connectivity index (χ0n) is 21.1. The van der Waals surface area contributed by atoms with Crippen molar-refractivity contribution in [3.63, 3.8) is 0 Å². The second kappa shape index (κ2) is 10.2. The topological polar surface area (TPSA) is 80.5 Å². The third-order valence-corrected chi connectivity index (χ3v) is 8.05. The van der Waals surface area contributed by atoms with Gasteiger partial charge in [0.25, 0.3) is 5.91 Å². The molecule has 192 valence electrons. The van der Waals surface area contributed by atoms with Crippen molar-refractivity contribution in [3.8, 4) is 22.3 Å². The minimum atomic E-state index is -0.565. The molecule has 1 amide bonds. The average molecular weight is 501 g/mol. The van der Waals surface area contributed by atoms with Gasteiger partial charge in [0, 0.05) is 43.0 Å². The molecule has 3 aliphatic heterocycles. The summed E-state index contributed by atoms with van der Waals surface area (Å²) in [6, 6.07) is 13.8. The van der Waals surface area contributed by atoms with E-state index in [1.807, 2.05) is 30.3 Å². The molecular formula is C30H33FN4O2. The molecule has 37 heavy (non-hydrogen) atoms. The van der Waals surface area contributed by atoms with Crippen LogP contribution < -0.4 is 11.1 Å². The summed E-state index contributed by atoms with van der Waals surface area (Å²) in [6.45, 7) is 5.28. The number of pyridine rings is 1. The van der Waals surface area contributed by atoms with E-state index in [2.05, 4.69) is 27.3 Å². The Hall–Kier alpha value is -3.29. The first-order chi connectivity index (χ1) is 18.1. The van der Waals surface area contributed by atoms with Crippen LogP contribution in [0.15, 0.2) is 42.5 Å². The van der Waals surface area contributed by atoms with Crippen molar-refractivity contribution in [1.82, 2.24) is 15.2 Å². The number of fused-ring (bicyclic) bond motifs is 1. The predicted molar refractivity (Wildman–Crippen MR) is 143 cm³/mol. The van der Waals surface area contributed by atoms with E-state index in [4.69, 9.17) is 10.5 Å². The van der Waals surface area contributed by atoms with Gasteiger partial charge in [-0.3, -0.25) is 9.69 Å². The zero-order valence-corrected chi connectivity index (χ0v) is 21.1. The number of halogens is 1. The van der Waals surface area contributed by atoms with Crippen LogP contribution in [0, 0.1) is 5.95 Å². The molecule has 1 aromatic heterocycles. The Kier molecular flexibility index (Phi) is 6.65. The van der Waals surface area contributed by atoms with Crippen molar-refractivity contribution >= 4 is 11.7 Å². The molecule has 2 aromatic carbocycles. The van der Waals surface area contributed by atoms with Gasteiger partial charge in [0.1, 0.15) is 5.82 Å². The van der Waals surface area contributed by atoms with E-state index in [0.717, 1.165) is 68.8 Å². The summed E-state index contributed by atoms with van der Waals surface area (Å²) in [5.74, 6) is -0.00556. The Labute approximate surface area is 217 Å². The molecule has 2 fully saturated rings. The van der Waals surface area contributed by atoms with Gasteiger partial charge in [0.15, 0.2) is 0 Å². The highest BCUT2D eigenvalue weighted by atomic mass is 19.1. The van der Waals surface area contributed by atoms with Crippen LogP contribution in [0.1, 0.15) is 58.6 Å². The van der Waals surface area contributed by atoms with Crippen molar-refractivity contribution in [3.05, 3.63) is 70.7 Å². The summed E-state index contributed by atoms with van der Waals surface area (Å²) < 4.78 is 20.9. The molecule has 0 atom stereocenters. The molecule has 0 unspecified atom stereocenters. The van der Waals surface area contributed by atoms with Crippen LogP contribution in [0.25, 0.3) is 22.3 Å². The van der Waals surface area contributed by atoms with Crippen molar-refractivity contribution in [2.45, 2.75) is 44.6 Å². The average Bonchev–Trinajstić information content (AvgIpc) is 3.42. The largest absolute Gasteiger partial charge is 0.383 e. The Morgan fingerprint density at radius 2 is 1.76 bits per heavy atom. The van der Waals surface area contributed by atoms with E-state index in [-0.39, 0.29) is 11.7 Å². The number of nitrogens with one attached hydrogen (secondary N) is 1. The molecule has 6 nitrogen and oxygen atoms in total. The number of hydrogen-bond donors (Lipinski definition) is 2. The molecule has 3 aliphatic rings. The zero-order chi connectivity index (χ0) is 25.4. The summed E-state index contributed by atoms with van der Waals surface area (Å²) in [6.07, 6.45) is 5.25. The minimum absolute atomic E-state index is 0.0613. The van der Waals surface area contributed by atoms with E-state index in [1.54, 1.807) is 0 Å². The molecule has 0 spiro atoms. The van der Waals surface area contributed by atoms with Crippen LogP contribution in [-0.2, 0) is 17.7 Å². The van der Waals surface area contributed by atoms with Crippen molar-refractivity contribution in [2.75, 3.05) is 38.6 Å². The van der Waals surface area contributed by atoms with E-state index >= 15 is 4.39 Å². The molecule has 0 saturated carbocycles. The van der Waals surface area contributed by atoms with Crippen LogP contribution in [0.4, 0.5) is 10.2 Å². The summed E-state index contributed by atoms with van der Waals surface area (Å²) in [5.41, 5.74) is 13.3. The first-order valence-electron chi connectivity index (χ1n) is 13.4. The van der Waals surface area contributed by atoms with Crippen molar-refractivity contribution in [1.29, 1.82) is 0 Å². The molecule has 7 heteroatoms. The highest BCUT2D eigenvalue weighted by Crippen LogP contribution is 2.37. The number of nitrogens with two attached hydrogens (primary N) is 1.